The van der Waals surface area contributed by atoms with Crippen molar-refractivity contribution in [2.24, 2.45) is 0 Å². The molecule has 0 heterocycles. The average molecular weight is 534 g/mol. The number of methoxy groups -OCH3 is 1. The second kappa shape index (κ2) is 12.9. The summed E-state index contributed by atoms with van der Waals surface area (Å²) in [6.07, 6.45) is 0.311. The van der Waals surface area contributed by atoms with Crippen LogP contribution in [0.15, 0.2) is 72.8 Å². The van der Waals surface area contributed by atoms with Crippen molar-refractivity contribution in [1.82, 2.24) is 10.2 Å². The highest BCUT2D eigenvalue weighted by molar-refractivity contribution is 5.89. The van der Waals surface area contributed by atoms with Crippen LogP contribution in [-0.2, 0) is 22.6 Å². The molecule has 0 bridgehead atoms. The molecule has 3 aromatic carbocycles. The first-order valence-corrected chi connectivity index (χ1v) is 12.6. The largest absolute Gasteiger partial charge is 0.490 e. The molecular weight excluding hydrogens is 498 g/mol. The van der Waals surface area contributed by atoms with E-state index in [2.05, 4.69) is 5.32 Å². The Morgan fingerprint density at radius 3 is 2.31 bits per heavy atom. The van der Waals surface area contributed by atoms with E-state index in [1.54, 1.807) is 0 Å². The molecule has 39 heavy (non-hydrogen) atoms. The molecule has 2 amide bonds. The first kappa shape index (κ1) is 29.2. The molecular formula is C30H35N3O6. The molecule has 0 aliphatic carbocycles. The number of aryl methyl sites for hydroxylation is 1. The highest BCUT2D eigenvalue weighted by atomic mass is 16.6. The van der Waals surface area contributed by atoms with Gasteiger partial charge in [-0.05, 0) is 44.9 Å². The lowest BCUT2D eigenvalue weighted by atomic mass is 10.0. The van der Waals surface area contributed by atoms with Gasteiger partial charge >= 0.3 is 5.69 Å². The zero-order valence-electron chi connectivity index (χ0n) is 23.0. The molecule has 0 aliphatic rings. The third kappa shape index (κ3) is 8.56. The molecule has 0 saturated carbocycles. The molecule has 3 aromatic rings. The summed E-state index contributed by atoms with van der Waals surface area (Å²) in [6.45, 7) is 7.46. The van der Waals surface area contributed by atoms with Gasteiger partial charge in [0.05, 0.1) is 12.0 Å². The van der Waals surface area contributed by atoms with E-state index in [1.807, 2.05) is 82.3 Å². The van der Waals surface area contributed by atoms with Crippen LogP contribution in [0.2, 0.25) is 0 Å². The number of carbonyl (C=O) groups excluding carboxylic acids is 2. The summed E-state index contributed by atoms with van der Waals surface area (Å²) in [6, 6.07) is 20.5. The average Bonchev–Trinajstić information content (AvgIpc) is 2.88. The van der Waals surface area contributed by atoms with Gasteiger partial charge in [0.25, 0.3) is 5.91 Å². The maximum Gasteiger partial charge on any atom is 0.311 e. The van der Waals surface area contributed by atoms with Gasteiger partial charge in [0.1, 0.15) is 11.8 Å². The minimum absolute atomic E-state index is 0.0214. The van der Waals surface area contributed by atoms with Crippen LogP contribution in [0.25, 0.3) is 0 Å². The SMILES string of the molecule is COc1cc(OCC(=O)N(Cc2cccc(C)c2)[C@H](Cc2ccccc2)C(=O)NC(C)(C)C)ccc1[N+](=O)[O-]. The molecule has 9 nitrogen and oxygen atoms in total. The Bertz CT molecular complexity index is 1300. The first-order chi connectivity index (χ1) is 18.5. The Labute approximate surface area is 228 Å². The van der Waals surface area contributed by atoms with Gasteiger partial charge in [-0.1, -0.05) is 60.2 Å². The second-order valence-electron chi connectivity index (χ2n) is 10.3. The zero-order chi connectivity index (χ0) is 28.6. The Kier molecular flexibility index (Phi) is 9.65. The summed E-state index contributed by atoms with van der Waals surface area (Å²) in [7, 11) is 1.32. The molecule has 0 unspecified atom stereocenters. The smallest absolute Gasteiger partial charge is 0.311 e. The Hall–Kier alpha value is -4.40. The van der Waals surface area contributed by atoms with Crippen LogP contribution in [0.1, 0.15) is 37.5 Å². The summed E-state index contributed by atoms with van der Waals surface area (Å²) in [4.78, 5) is 39.5. The van der Waals surface area contributed by atoms with E-state index in [0.717, 1.165) is 16.7 Å². The summed E-state index contributed by atoms with van der Waals surface area (Å²) in [5, 5.41) is 14.2. The van der Waals surface area contributed by atoms with E-state index >= 15 is 0 Å². The lowest BCUT2D eigenvalue weighted by molar-refractivity contribution is -0.385. The second-order valence-corrected chi connectivity index (χ2v) is 10.3. The van der Waals surface area contributed by atoms with Gasteiger partial charge in [0.2, 0.25) is 11.7 Å². The molecule has 0 aliphatic heterocycles. The molecule has 0 aromatic heterocycles. The van der Waals surface area contributed by atoms with Crippen LogP contribution in [0, 0.1) is 17.0 Å². The van der Waals surface area contributed by atoms with E-state index < -0.39 is 22.4 Å². The number of nitro groups is 1. The maximum atomic E-state index is 13.7. The van der Waals surface area contributed by atoms with Gasteiger partial charge < -0.3 is 19.7 Å². The number of nitro benzene ring substituents is 1. The first-order valence-electron chi connectivity index (χ1n) is 12.6. The standard InChI is InChI=1S/C30H35N3O6/c1-21-10-9-13-23(16-21)19-32(26(29(35)31-30(2,3)4)17-22-11-7-6-8-12-22)28(34)20-39-24-14-15-25(33(36)37)27(18-24)38-5/h6-16,18,26H,17,19-20H2,1-5H3,(H,31,35)/t26-/m1/s1. The lowest BCUT2D eigenvalue weighted by Crippen LogP contribution is -2.55. The fourth-order valence-corrected chi connectivity index (χ4v) is 4.14. The number of hydrogen-bond acceptors (Lipinski definition) is 6. The highest BCUT2D eigenvalue weighted by Crippen LogP contribution is 2.31. The van der Waals surface area contributed by atoms with Crippen molar-refractivity contribution in [3.05, 3.63) is 99.6 Å². The molecule has 0 radical (unpaired) electrons. The van der Waals surface area contributed by atoms with E-state index in [4.69, 9.17) is 9.47 Å². The number of amides is 2. The monoisotopic (exact) mass is 533 g/mol. The van der Waals surface area contributed by atoms with Gasteiger partial charge in [-0.3, -0.25) is 19.7 Å². The number of nitrogens with one attached hydrogen (secondary N) is 1. The predicted octanol–water partition coefficient (Wildman–Crippen LogP) is 4.85. The number of benzene rings is 3. The molecule has 1 atom stereocenters. The van der Waals surface area contributed by atoms with E-state index in [-0.39, 0.29) is 36.2 Å². The van der Waals surface area contributed by atoms with Crippen LogP contribution in [0.5, 0.6) is 11.5 Å². The van der Waals surface area contributed by atoms with Crippen LogP contribution in [0.4, 0.5) is 5.69 Å². The van der Waals surface area contributed by atoms with Crippen molar-refractivity contribution in [3.8, 4) is 11.5 Å². The Morgan fingerprint density at radius 2 is 1.69 bits per heavy atom. The van der Waals surface area contributed by atoms with Crippen molar-refractivity contribution in [2.45, 2.75) is 52.2 Å². The predicted molar refractivity (Wildman–Crippen MR) is 149 cm³/mol. The fraction of sp³-hybridized carbons (Fsp3) is 0.333. The van der Waals surface area contributed by atoms with Crippen molar-refractivity contribution < 1.29 is 24.0 Å². The normalized spacial score (nSPS) is 11.8. The van der Waals surface area contributed by atoms with E-state index in [1.165, 1.54) is 30.2 Å². The lowest BCUT2D eigenvalue weighted by Gasteiger charge is -2.33. The molecule has 206 valence electrons. The quantitative estimate of drug-likeness (QED) is 0.279. The Balaban J connectivity index is 1.94. The van der Waals surface area contributed by atoms with Crippen molar-refractivity contribution in [1.29, 1.82) is 0 Å². The topological polar surface area (TPSA) is 111 Å². The number of carbonyl (C=O) groups is 2. The molecule has 1 N–H and O–H groups in total. The third-order valence-electron chi connectivity index (χ3n) is 5.91. The molecule has 3 rings (SSSR count). The molecule has 0 spiro atoms. The number of ether oxygens (including phenoxy) is 2. The minimum atomic E-state index is -0.811. The van der Waals surface area contributed by atoms with Crippen LogP contribution in [0.3, 0.4) is 0 Å². The zero-order valence-corrected chi connectivity index (χ0v) is 23.0. The summed E-state index contributed by atoms with van der Waals surface area (Å²) in [5.41, 5.74) is 2.11. The molecule has 0 saturated heterocycles. The van der Waals surface area contributed by atoms with Crippen LogP contribution in [-0.4, -0.2) is 46.9 Å². The van der Waals surface area contributed by atoms with Gasteiger partial charge in [-0.25, -0.2) is 0 Å². The summed E-state index contributed by atoms with van der Waals surface area (Å²) in [5.74, 6) is -0.420. The van der Waals surface area contributed by atoms with Crippen molar-refractivity contribution in [2.75, 3.05) is 13.7 Å². The molecule has 9 heteroatoms. The van der Waals surface area contributed by atoms with Crippen molar-refractivity contribution >= 4 is 17.5 Å². The highest BCUT2D eigenvalue weighted by Gasteiger charge is 2.32. The maximum absolute atomic E-state index is 13.7. The number of hydrogen-bond donors (Lipinski definition) is 1. The third-order valence-corrected chi connectivity index (χ3v) is 5.91. The van der Waals surface area contributed by atoms with Crippen molar-refractivity contribution in [3.63, 3.8) is 0 Å². The van der Waals surface area contributed by atoms with E-state index in [0.29, 0.717) is 6.42 Å². The number of nitrogens with zero attached hydrogens (tertiary/aromatic N) is 2. The number of rotatable bonds is 11. The summed E-state index contributed by atoms with van der Waals surface area (Å²) < 4.78 is 10.8. The molecule has 0 fully saturated rings. The van der Waals surface area contributed by atoms with E-state index in [9.17, 15) is 19.7 Å². The van der Waals surface area contributed by atoms with Gasteiger partial charge in [-0.2, -0.15) is 0 Å². The van der Waals surface area contributed by atoms with Gasteiger partial charge in [0, 0.05) is 30.6 Å². The van der Waals surface area contributed by atoms with Crippen LogP contribution < -0.4 is 14.8 Å². The summed E-state index contributed by atoms with van der Waals surface area (Å²) >= 11 is 0. The fourth-order valence-electron chi connectivity index (χ4n) is 4.14. The Morgan fingerprint density at radius 1 is 1.00 bits per heavy atom. The van der Waals surface area contributed by atoms with Crippen LogP contribution >= 0.6 is 0 Å². The van der Waals surface area contributed by atoms with Gasteiger partial charge in [0.15, 0.2) is 6.61 Å². The minimum Gasteiger partial charge on any atom is -0.490 e. The van der Waals surface area contributed by atoms with Gasteiger partial charge in [-0.15, -0.1) is 0 Å².